The van der Waals surface area contributed by atoms with Gasteiger partial charge in [0.25, 0.3) is 0 Å². The smallest absolute Gasteiger partial charge is 0.225 e. The van der Waals surface area contributed by atoms with Gasteiger partial charge in [-0.25, -0.2) is 12.7 Å². The van der Waals surface area contributed by atoms with E-state index in [1.54, 1.807) is 24.3 Å². The summed E-state index contributed by atoms with van der Waals surface area (Å²) in [4.78, 5) is 14.2. The van der Waals surface area contributed by atoms with Gasteiger partial charge in [0.2, 0.25) is 15.9 Å². The van der Waals surface area contributed by atoms with Crippen LogP contribution < -0.4 is 5.32 Å². The van der Waals surface area contributed by atoms with E-state index in [1.165, 1.54) is 10.6 Å². The fraction of sp³-hybridized carbons (Fsp3) is 0.562. The van der Waals surface area contributed by atoms with Gasteiger partial charge in [0.1, 0.15) is 0 Å². The highest BCUT2D eigenvalue weighted by molar-refractivity contribution is 7.88. The Morgan fingerprint density at radius 1 is 1.24 bits per heavy atom. The Morgan fingerprint density at radius 3 is 2.48 bits per heavy atom. The molecule has 1 heterocycles. The lowest BCUT2D eigenvalue weighted by molar-refractivity contribution is -0.116. The zero-order valence-electron chi connectivity index (χ0n) is 14.3. The Balaban J connectivity index is 1.82. The third-order valence-corrected chi connectivity index (χ3v) is 5.51. The van der Waals surface area contributed by atoms with E-state index in [9.17, 15) is 13.2 Å². The molecule has 1 fully saturated rings. The van der Waals surface area contributed by atoms with Crippen LogP contribution in [0.25, 0.3) is 0 Å². The predicted octanol–water partition coefficient (Wildman–Crippen LogP) is 1.26. The van der Waals surface area contributed by atoms with Gasteiger partial charge in [-0.3, -0.25) is 9.69 Å². The second-order valence-electron chi connectivity index (χ2n) is 5.92. The van der Waals surface area contributed by atoms with E-state index in [0.717, 1.165) is 13.1 Å². The van der Waals surface area contributed by atoms with Crippen LogP contribution in [-0.2, 0) is 19.6 Å². The summed E-state index contributed by atoms with van der Waals surface area (Å²) in [6, 6.07) is 6.77. The number of hydrogen-bond donors (Lipinski definition) is 1. The largest absolute Gasteiger partial charge is 0.379 e. The molecule has 0 saturated carbocycles. The molecule has 1 amide bonds. The summed E-state index contributed by atoms with van der Waals surface area (Å²) >= 11 is 5.80. The van der Waals surface area contributed by atoms with Crippen molar-refractivity contribution in [2.45, 2.75) is 6.42 Å². The van der Waals surface area contributed by atoms with E-state index < -0.39 is 10.0 Å². The van der Waals surface area contributed by atoms with Crippen molar-refractivity contribution in [1.29, 1.82) is 0 Å². The van der Waals surface area contributed by atoms with Crippen molar-refractivity contribution in [2.24, 2.45) is 0 Å². The number of nitrogens with zero attached hydrogens (tertiary/aromatic N) is 2. The van der Waals surface area contributed by atoms with Crippen LogP contribution in [0.15, 0.2) is 24.3 Å². The minimum Gasteiger partial charge on any atom is -0.379 e. The number of sulfonamides is 1. The van der Waals surface area contributed by atoms with E-state index in [1.807, 2.05) is 0 Å². The van der Waals surface area contributed by atoms with Gasteiger partial charge < -0.3 is 10.1 Å². The molecule has 1 aliphatic heterocycles. The van der Waals surface area contributed by atoms with Crippen LogP contribution in [0.2, 0.25) is 5.02 Å². The van der Waals surface area contributed by atoms with Crippen molar-refractivity contribution in [3.8, 4) is 0 Å². The minimum atomic E-state index is -3.36. The standard InChI is InChI=1S/C16H24ClN3O4S/c1-25(22,23)20(9-8-19-10-12-24-13-11-19)7-6-16(21)18-15-4-2-14(17)3-5-15/h2-5H,6-13H2,1H3,(H,18,21). The van der Waals surface area contributed by atoms with Crippen molar-refractivity contribution in [3.05, 3.63) is 29.3 Å². The van der Waals surface area contributed by atoms with Gasteiger partial charge in [-0.2, -0.15) is 0 Å². The van der Waals surface area contributed by atoms with Crippen LogP contribution >= 0.6 is 11.6 Å². The molecule has 2 rings (SSSR count). The molecule has 7 nitrogen and oxygen atoms in total. The summed E-state index contributed by atoms with van der Waals surface area (Å²) in [5.41, 5.74) is 0.633. The van der Waals surface area contributed by atoms with E-state index in [4.69, 9.17) is 16.3 Å². The van der Waals surface area contributed by atoms with Crippen molar-refractivity contribution in [2.75, 3.05) is 57.5 Å². The Kier molecular flexibility index (Phi) is 7.64. The molecule has 1 aliphatic rings. The molecular formula is C16H24ClN3O4S. The molecule has 0 radical (unpaired) electrons. The number of amides is 1. The number of ether oxygens (including phenoxy) is 1. The SMILES string of the molecule is CS(=O)(=O)N(CCC(=O)Nc1ccc(Cl)cc1)CCN1CCOCC1. The Bertz CT molecular complexity index is 660. The number of rotatable bonds is 8. The predicted molar refractivity (Wildman–Crippen MR) is 98.4 cm³/mol. The third-order valence-electron chi connectivity index (χ3n) is 3.95. The van der Waals surface area contributed by atoms with Gasteiger partial charge in [-0.05, 0) is 24.3 Å². The molecule has 1 aromatic rings. The molecule has 0 atom stereocenters. The normalized spacial score (nSPS) is 16.1. The lowest BCUT2D eigenvalue weighted by Crippen LogP contribution is -2.43. The Morgan fingerprint density at radius 2 is 1.88 bits per heavy atom. The highest BCUT2D eigenvalue weighted by Gasteiger charge is 2.20. The molecule has 0 spiro atoms. The lowest BCUT2D eigenvalue weighted by Gasteiger charge is -2.29. The summed E-state index contributed by atoms with van der Waals surface area (Å²) in [7, 11) is -3.36. The number of halogens is 1. The zero-order valence-corrected chi connectivity index (χ0v) is 15.9. The van der Waals surface area contributed by atoms with Crippen LogP contribution in [-0.4, -0.2) is 75.7 Å². The molecule has 25 heavy (non-hydrogen) atoms. The molecule has 0 aromatic heterocycles. The molecule has 1 saturated heterocycles. The van der Waals surface area contributed by atoms with Gasteiger partial charge in [0.15, 0.2) is 0 Å². The first-order valence-corrected chi connectivity index (χ1v) is 10.4. The maximum Gasteiger partial charge on any atom is 0.225 e. The topological polar surface area (TPSA) is 79.0 Å². The van der Waals surface area contributed by atoms with Crippen LogP contribution in [0.1, 0.15) is 6.42 Å². The highest BCUT2D eigenvalue weighted by atomic mass is 35.5. The van der Waals surface area contributed by atoms with Gasteiger partial charge >= 0.3 is 0 Å². The molecule has 1 aromatic carbocycles. The van der Waals surface area contributed by atoms with E-state index >= 15 is 0 Å². The van der Waals surface area contributed by atoms with Gasteiger partial charge in [0, 0.05) is 49.9 Å². The fourth-order valence-corrected chi connectivity index (χ4v) is 3.47. The molecule has 1 N–H and O–H groups in total. The second-order valence-corrected chi connectivity index (χ2v) is 8.34. The first-order valence-electron chi connectivity index (χ1n) is 8.15. The quantitative estimate of drug-likeness (QED) is 0.724. The van der Waals surface area contributed by atoms with Crippen LogP contribution in [0.5, 0.6) is 0 Å². The van der Waals surface area contributed by atoms with Gasteiger partial charge in [-0.1, -0.05) is 11.6 Å². The van der Waals surface area contributed by atoms with E-state index in [0.29, 0.717) is 37.0 Å². The monoisotopic (exact) mass is 389 g/mol. The number of hydrogen-bond acceptors (Lipinski definition) is 5. The third kappa shape index (κ3) is 7.29. The summed E-state index contributed by atoms with van der Waals surface area (Å²) < 4.78 is 30.5. The molecular weight excluding hydrogens is 366 g/mol. The highest BCUT2D eigenvalue weighted by Crippen LogP contribution is 2.13. The number of anilines is 1. The average Bonchev–Trinajstić information content (AvgIpc) is 2.56. The zero-order chi connectivity index (χ0) is 18.3. The van der Waals surface area contributed by atoms with Crippen molar-refractivity contribution < 1.29 is 17.9 Å². The number of morpholine rings is 1. The fourth-order valence-electron chi connectivity index (χ4n) is 2.50. The molecule has 140 valence electrons. The number of benzene rings is 1. The second kappa shape index (κ2) is 9.49. The maximum atomic E-state index is 12.0. The first kappa shape index (κ1) is 20.1. The van der Waals surface area contributed by atoms with Crippen molar-refractivity contribution >= 4 is 33.2 Å². The van der Waals surface area contributed by atoms with Crippen molar-refractivity contribution in [1.82, 2.24) is 9.21 Å². The maximum absolute atomic E-state index is 12.0. The van der Waals surface area contributed by atoms with E-state index in [2.05, 4.69) is 10.2 Å². The molecule has 0 aliphatic carbocycles. The lowest BCUT2D eigenvalue weighted by atomic mass is 10.3. The van der Waals surface area contributed by atoms with Crippen LogP contribution in [0.3, 0.4) is 0 Å². The summed E-state index contributed by atoms with van der Waals surface area (Å²) in [5.74, 6) is -0.234. The Labute approximate surface area is 153 Å². The molecule has 9 heteroatoms. The molecule has 0 unspecified atom stereocenters. The number of carbonyl (C=O) groups is 1. The van der Waals surface area contributed by atoms with E-state index in [-0.39, 0.29) is 18.9 Å². The van der Waals surface area contributed by atoms with Gasteiger partial charge in [-0.15, -0.1) is 0 Å². The van der Waals surface area contributed by atoms with Crippen LogP contribution in [0.4, 0.5) is 5.69 Å². The molecule has 0 bridgehead atoms. The number of carbonyl (C=O) groups excluding carboxylic acids is 1. The Hall–Kier alpha value is -1.19. The number of nitrogens with one attached hydrogen (secondary N) is 1. The summed E-state index contributed by atoms with van der Waals surface area (Å²) in [6.45, 7) is 4.10. The first-order chi connectivity index (χ1) is 11.8. The van der Waals surface area contributed by atoms with Gasteiger partial charge in [0.05, 0.1) is 19.5 Å². The summed E-state index contributed by atoms with van der Waals surface area (Å²) in [5, 5.41) is 3.32. The summed E-state index contributed by atoms with van der Waals surface area (Å²) in [6.07, 6.45) is 1.27. The minimum absolute atomic E-state index is 0.0960. The average molecular weight is 390 g/mol. The van der Waals surface area contributed by atoms with Crippen molar-refractivity contribution in [3.63, 3.8) is 0 Å². The van der Waals surface area contributed by atoms with Crippen LogP contribution in [0, 0.1) is 0 Å².